The van der Waals surface area contributed by atoms with Gasteiger partial charge in [0.25, 0.3) is 5.91 Å². The van der Waals surface area contributed by atoms with E-state index in [-0.39, 0.29) is 24.3 Å². The molecule has 1 unspecified atom stereocenters. The summed E-state index contributed by atoms with van der Waals surface area (Å²) in [5.74, 6) is 0.105. The number of carbonyl (C=O) groups is 2. The number of hydrogen-bond donors (Lipinski definition) is 1. The van der Waals surface area contributed by atoms with Gasteiger partial charge in [-0.2, -0.15) is 5.10 Å². The molecule has 1 aromatic carbocycles. The van der Waals surface area contributed by atoms with Gasteiger partial charge in [-0.3, -0.25) is 9.48 Å². The van der Waals surface area contributed by atoms with Crippen LogP contribution >= 0.6 is 0 Å². The molecule has 0 saturated heterocycles. The summed E-state index contributed by atoms with van der Waals surface area (Å²) in [5.41, 5.74) is 1.07. The summed E-state index contributed by atoms with van der Waals surface area (Å²) in [5, 5.41) is 7.06. The highest BCUT2D eigenvalue weighted by Gasteiger charge is 2.33. The van der Waals surface area contributed by atoms with E-state index in [4.69, 9.17) is 9.15 Å². The first-order valence-electron chi connectivity index (χ1n) is 9.26. The van der Waals surface area contributed by atoms with Crippen LogP contribution in [-0.2, 0) is 16.1 Å². The van der Waals surface area contributed by atoms with Crippen LogP contribution in [0.1, 0.15) is 40.8 Å². The second-order valence-electron chi connectivity index (χ2n) is 6.84. The Kier molecular flexibility index (Phi) is 5.23. The van der Waals surface area contributed by atoms with Gasteiger partial charge in [0.2, 0.25) is 5.76 Å². The topological polar surface area (TPSA) is 86.4 Å². The van der Waals surface area contributed by atoms with Crippen molar-refractivity contribution >= 4 is 11.9 Å². The van der Waals surface area contributed by atoms with E-state index >= 15 is 0 Å². The quantitative estimate of drug-likeness (QED) is 0.608. The normalized spacial score (nSPS) is 14.4. The third kappa shape index (κ3) is 4.49. The Bertz CT molecular complexity index is 930. The van der Waals surface area contributed by atoms with Gasteiger partial charge in [0, 0.05) is 12.4 Å². The first-order valence-corrected chi connectivity index (χ1v) is 9.26. The molecule has 0 bridgehead atoms. The Morgan fingerprint density at radius 2 is 2.00 bits per heavy atom. The standard InChI is InChI=1S/C21H21N3O4/c25-19(23-20(16-7-8-16)15-5-2-1-3-6-15)14-27-21(26)18-10-9-17(28-18)13-24-12-4-11-22-24/h1-6,9-12,16,20H,7-8,13-14H2,(H,23,25). The van der Waals surface area contributed by atoms with Gasteiger partial charge in [0.15, 0.2) is 6.61 Å². The Morgan fingerprint density at radius 3 is 2.71 bits per heavy atom. The highest BCUT2D eigenvalue weighted by Crippen LogP contribution is 2.40. The van der Waals surface area contributed by atoms with E-state index in [2.05, 4.69) is 10.4 Å². The molecule has 1 aliphatic rings. The van der Waals surface area contributed by atoms with E-state index in [0.29, 0.717) is 18.2 Å². The zero-order valence-electron chi connectivity index (χ0n) is 15.3. The molecule has 144 valence electrons. The van der Waals surface area contributed by atoms with E-state index in [1.54, 1.807) is 29.2 Å². The minimum Gasteiger partial charge on any atom is -0.452 e. The molecule has 0 radical (unpaired) electrons. The summed E-state index contributed by atoms with van der Waals surface area (Å²) in [6.45, 7) is 0.0744. The number of hydrogen-bond acceptors (Lipinski definition) is 5. The smallest absolute Gasteiger partial charge is 0.374 e. The lowest BCUT2D eigenvalue weighted by Crippen LogP contribution is -2.33. The zero-order valence-corrected chi connectivity index (χ0v) is 15.3. The van der Waals surface area contributed by atoms with Crippen molar-refractivity contribution in [1.82, 2.24) is 15.1 Å². The van der Waals surface area contributed by atoms with Crippen LogP contribution in [-0.4, -0.2) is 28.3 Å². The number of amides is 1. The molecule has 2 aromatic heterocycles. The summed E-state index contributed by atoms with van der Waals surface area (Å²) in [6.07, 6.45) is 5.64. The molecule has 2 heterocycles. The number of nitrogens with one attached hydrogen (secondary N) is 1. The van der Waals surface area contributed by atoms with Crippen molar-refractivity contribution < 1.29 is 18.7 Å². The lowest BCUT2D eigenvalue weighted by molar-refractivity contribution is -0.125. The Balaban J connectivity index is 1.29. The summed E-state index contributed by atoms with van der Waals surface area (Å²) < 4.78 is 12.3. The van der Waals surface area contributed by atoms with Gasteiger partial charge in [0.05, 0.1) is 12.6 Å². The monoisotopic (exact) mass is 379 g/mol. The number of benzene rings is 1. The minimum absolute atomic E-state index is 0.0447. The predicted molar refractivity (Wildman–Crippen MR) is 100 cm³/mol. The van der Waals surface area contributed by atoms with Crippen molar-refractivity contribution in [3.05, 3.63) is 78.0 Å². The van der Waals surface area contributed by atoms with Gasteiger partial charge in [-0.1, -0.05) is 30.3 Å². The fourth-order valence-electron chi connectivity index (χ4n) is 3.11. The Hall–Kier alpha value is -3.35. The Morgan fingerprint density at radius 1 is 1.18 bits per heavy atom. The number of nitrogens with zero attached hydrogens (tertiary/aromatic N) is 2. The van der Waals surface area contributed by atoms with E-state index in [1.807, 2.05) is 30.3 Å². The van der Waals surface area contributed by atoms with Crippen LogP contribution in [0.5, 0.6) is 0 Å². The van der Waals surface area contributed by atoms with Gasteiger partial charge in [-0.05, 0) is 42.5 Å². The Labute approximate surface area is 162 Å². The molecule has 1 atom stereocenters. The van der Waals surface area contributed by atoms with Crippen molar-refractivity contribution in [3.63, 3.8) is 0 Å². The average Bonchev–Trinajstić information content (AvgIpc) is 3.22. The van der Waals surface area contributed by atoms with Gasteiger partial charge in [0.1, 0.15) is 5.76 Å². The summed E-state index contributed by atoms with van der Waals surface area (Å²) in [6, 6.07) is 14.8. The SMILES string of the molecule is O=C(COC(=O)c1ccc(Cn2cccn2)o1)NC(c1ccccc1)C1CC1. The summed E-state index contributed by atoms with van der Waals surface area (Å²) >= 11 is 0. The van der Waals surface area contributed by atoms with Crippen molar-refractivity contribution in [2.75, 3.05) is 6.61 Å². The van der Waals surface area contributed by atoms with E-state index in [9.17, 15) is 9.59 Å². The number of carbonyl (C=O) groups excluding carboxylic acids is 2. The number of furan rings is 1. The highest BCUT2D eigenvalue weighted by atomic mass is 16.5. The molecule has 1 amide bonds. The number of aromatic nitrogens is 2. The van der Waals surface area contributed by atoms with Gasteiger partial charge in [-0.25, -0.2) is 4.79 Å². The largest absolute Gasteiger partial charge is 0.452 e. The van der Waals surface area contributed by atoms with Crippen molar-refractivity contribution in [2.45, 2.75) is 25.4 Å². The molecule has 7 nitrogen and oxygen atoms in total. The maximum atomic E-state index is 12.3. The zero-order chi connectivity index (χ0) is 19.3. The van der Waals surface area contributed by atoms with Crippen LogP contribution in [0.25, 0.3) is 0 Å². The predicted octanol–water partition coefficient (Wildman–Crippen LogP) is 2.95. The third-order valence-electron chi connectivity index (χ3n) is 4.64. The molecule has 0 aliphatic heterocycles. The number of rotatable bonds is 8. The molecule has 1 saturated carbocycles. The van der Waals surface area contributed by atoms with Gasteiger partial charge in [-0.15, -0.1) is 0 Å². The van der Waals surface area contributed by atoms with Crippen LogP contribution in [0.4, 0.5) is 0 Å². The lowest BCUT2D eigenvalue weighted by atomic mass is 10.0. The molecule has 4 rings (SSSR count). The average molecular weight is 379 g/mol. The van der Waals surface area contributed by atoms with Gasteiger partial charge >= 0.3 is 5.97 Å². The molecular weight excluding hydrogens is 358 g/mol. The number of esters is 1. The lowest BCUT2D eigenvalue weighted by Gasteiger charge is -2.18. The maximum Gasteiger partial charge on any atom is 0.374 e. The molecule has 1 N–H and O–H groups in total. The van der Waals surface area contributed by atoms with Crippen molar-refractivity contribution in [3.8, 4) is 0 Å². The second-order valence-corrected chi connectivity index (χ2v) is 6.84. The first kappa shape index (κ1) is 18.0. The van der Waals surface area contributed by atoms with E-state index in [1.165, 1.54) is 6.07 Å². The van der Waals surface area contributed by atoms with Crippen LogP contribution in [0.15, 0.2) is 65.3 Å². The third-order valence-corrected chi connectivity index (χ3v) is 4.64. The van der Waals surface area contributed by atoms with E-state index < -0.39 is 5.97 Å². The maximum absolute atomic E-state index is 12.3. The molecule has 1 fully saturated rings. The molecule has 1 aliphatic carbocycles. The summed E-state index contributed by atoms with van der Waals surface area (Å²) in [4.78, 5) is 24.4. The first-order chi connectivity index (χ1) is 13.7. The second kappa shape index (κ2) is 8.12. The van der Waals surface area contributed by atoms with E-state index in [0.717, 1.165) is 18.4 Å². The van der Waals surface area contributed by atoms with Crippen molar-refractivity contribution in [1.29, 1.82) is 0 Å². The van der Waals surface area contributed by atoms with Crippen LogP contribution in [0.3, 0.4) is 0 Å². The summed E-state index contributed by atoms with van der Waals surface area (Å²) in [7, 11) is 0. The molecule has 28 heavy (non-hydrogen) atoms. The molecule has 3 aromatic rings. The fraction of sp³-hybridized carbons (Fsp3) is 0.286. The van der Waals surface area contributed by atoms with Crippen LogP contribution < -0.4 is 5.32 Å². The highest BCUT2D eigenvalue weighted by molar-refractivity contribution is 5.88. The van der Waals surface area contributed by atoms with Gasteiger partial charge < -0.3 is 14.5 Å². The molecule has 0 spiro atoms. The number of ether oxygens (including phenoxy) is 1. The fourth-order valence-corrected chi connectivity index (χ4v) is 3.11. The minimum atomic E-state index is -0.662. The van der Waals surface area contributed by atoms with Crippen molar-refractivity contribution in [2.24, 2.45) is 5.92 Å². The van der Waals surface area contributed by atoms with Crippen LogP contribution in [0, 0.1) is 5.92 Å². The van der Waals surface area contributed by atoms with Crippen LogP contribution in [0.2, 0.25) is 0 Å². The molecular formula is C21H21N3O4. The molecule has 7 heteroatoms.